The Balaban J connectivity index is 2.21. The molecule has 1 aliphatic heterocycles. The minimum Gasteiger partial charge on any atom is -0.507 e. The fraction of sp³-hybridized carbons (Fsp3) is 0.533. The van der Waals surface area contributed by atoms with Crippen LogP contribution in [0.2, 0.25) is 0 Å². The molecule has 0 radical (unpaired) electrons. The summed E-state index contributed by atoms with van der Waals surface area (Å²) in [5.41, 5.74) is 1.17. The average Bonchev–Trinajstić information content (AvgIpc) is 2.79. The van der Waals surface area contributed by atoms with Crippen LogP contribution in [0.3, 0.4) is 0 Å². The molecular formula is C15H22N2O2. The molecule has 1 aliphatic rings. The van der Waals surface area contributed by atoms with Crippen molar-refractivity contribution in [3.8, 4) is 5.75 Å². The molecule has 1 amide bonds. The number of benzene rings is 1. The van der Waals surface area contributed by atoms with E-state index in [1.54, 1.807) is 6.07 Å². The van der Waals surface area contributed by atoms with Crippen molar-refractivity contribution in [2.45, 2.75) is 25.8 Å². The van der Waals surface area contributed by atoms with Gasteiger partial charge in [-0.25, -0.2) is 0 Å². The van der Waals surface area contributed by atoms with Crippen LogP contribution in [0.1, 0.15) is 28.8 Å². The molecule has 19 heavy (non-hydrogen) atoms. The number of hydrogen-bond donors (Lipinski definition) is 1. The summed E-state index contributed by atoms with van der Waals surface area (Å²) in [5.74, 6) is 0.0635. The molecule has 1 atom stereocenters. The average molecular weight is 262 g/mol. The Kier molecular flexibility index (Phi) is 4.10. The molecule has 0 spiro atoms. The standard InChI is InChI=1S/C15H22N2O2/c1-11-6-4-8-13(14(11)18)15(19)17-9-5-7-12(17)10-16(2)3/h4,6,8,12,18H,5,7,9-10H2,1-3H3. The van der Waals surface area contributed by atoms with Gasteiger partial charge in [-0.1, -0.05) is 12.1 Å². The van der Waals surface area contributed by atoms with E-state index in [-0.39, 0.29) is 17.7 Å². The molecule has 1 fully saturated rings. The third-order valence-electron chi connectivity index (χ3n) is 3.68. The Morgan fingerprint density at radius 1 is 1.47 bits per heavy atom. The van der Waals surface area contributed by atoms with E-state index in [0.717, 1.165) is 31.5 Å². The predicted octanol–water partition coefficient (Wildman–Crippen LogP) is 1.87. The lowest BCUT2D eigenvalue weighted by Gasteiger charge is -2.27. The van der Waals surface area contributed by atoms with Gasteiger partial charge < -0.3 is 14.9 Å². The Bertz CT molecular complexity index is 471. The van der Waals surface area contributed by atoms with E-state index in [1.807, 2.05) is 38.1 Å². The van der Waals surface area contributed by atoms with Crippen molar-refractivity contribution >= 4 is 5.91 Å². The number of likely N-dealkylation sites (N-methyl/N-ethyl adjacent to an activating group) is 1. The van der Waals surface area contributed by atoms with Gasteiger partial charge in [-0.3, -0.25) is 4.79 Å². The molecule has 0 saturated carbocycles. The first-order chi connectivity index (χ1) is 9.00. The van der Waals surface area contributed by atoms with Crippen LogP contribution in [-0.4, -0.2) is 54.0 Å². The highest BCUT2D eigenvalue weighted by Crippen LogP contribution is 2.26. The molecule has 1 N–H and O–H groups in total. The van der Waals surface area contributed by atoms with Gasteiger partial charge in [-0.2, -0.15) is 0 Å². The van der Waals surface area contributed by atoms with Gasteiger partial charge in [0.1, 0.15) is 5.75 Å². The number of phenolic OH excluding ortho intramolecular Hbond substituents is 1. The van der Waals surface area contributed by atoms with Crippen LogP contribution in [0.5, 0.6) is 5.75 Å². The van der Waals surface area contributed by atoms with Crippen LogP contribution in [-0.2, 0) is 0 Å². The van der Waals surface area contributed by atoms with Gasteiger partial charge >= 0.3 is 0 Å². The lowest BCUT2D eigenvalue weighted by molar-refractivity contribution is 0.0713. The van der Waals surface area contributed by atoms with Gasteiger partial charge in [0.25, 0.3) is 5.91 Å². The molecular weight excluding hydrogens is 240 g/mol. The van der Waals surface area contributed by atoms with Gasteiger partial charge in [0.2, 0.25) is 0 Å². The Labute approximate surface area is 114 Å². The van der Waals surface area contributed by atoms with E-state index in [4.69, 9.17) is 0 Å². The van der Waals surface area contributed by atoms with Gasteiger partial charge in [0.15, 0.2) is 0 Å². The summed E-state index contributed by atoms with van der Waals surface area (Å²) in [4.78, 5) is 16.6. The normalized spacial score (nSPS) is 19.2. The molecule has 1 aromatic carbocycles. The number of aromatic hydroxyl groups is 1. The third kappa shape index (κ3) is 2.89. The van der Waals surface area contributed by atoms with Crippen molar-refractivity contribution in [3.05, 3.63) is 29.3 Å². The number of para-hydroxylation sites is 1. The largest absolute Gasteiger partial charge is 0.507 e. The number of phenols is 1. The second-order valence-electron chi connectivity index (χ2n) is 5.53. The lowest BCUT2D eigenvalue weighted by Crippen LogP contribution is -2.41. The first kappa shape index (κ1) is 13.9. The van der Waals surface area contributed by atoms with Crippen molar-refractivity contribution in [2.24, 2.45) is 0 Å². The second kappa shape index (κ2) is 5.61. The molecule has 1 saturated heterocycles. The van der Waals surface area contributed by atoms with Crippen molar-refractivity contribution < 1.29 is 9.90 Å². The number of likely N-dealkylation sites (tertiary alicyclic amines) is 1. The number of nitrogens with zero attached hydrogens (tertiary/aromatic N) is 2. The SMILES string of the molecule is Cc1cccc(C(=O)N2CCCC2CN(C)C)c1O. The number of carbonyl (C=O) groups is 1. The first-order valence-corrected chi connectivity index (χ1v) is 6.75. The van der Waals surface area contributed by atoms with Crippen molar-refractivity contribution in [1.29, 1.82) is 0 Å². The third-order valence-corrected chi connectivity index (χ3v) is 3.68. The predicted molar refractivity (Wildman–Crippen MR) is 75.5 cm³/mol. The highest BCUT2D eigenvalue weighted by atomic mass is 16.3. The zero-order valence-corrected chi connectivity index (χ0v) is 11.9. The van der Waals surface area contributed by atoms with E-state index >= 15 is 0 Å². The van der Waals surface area contributed by atoms with Crippen LogP contribution in [0.15, 0.2) is 18.2 Å². The topological polar surface area (TPSA) is 43.8 Å². The molecule has 0 bridgehead atoms. The molecule has 4 nitrogen and oxygen atoms in total. The number of carbonyl (C=O) groups excluding carboxylic acids is 1. The fourth-order valence-electron chi connectivity index (χ4n) is 2.70. The highest BCUT2D eigenvalue weighted by Gasteiger charge is 2.30. The van der Waals surface area contributed by atoms with Gasteiger partial charge in [-0.15, -0.1) is 0 Å². The van der Waals surface area contributed by atoms with Gasteiger partial charge in [-0.05, 0) is 45.5 Å². The number of hydrogen-bond acceptors (Lipinski definition) is 3. The molecule has 0 aliphatic carbocycles. The Hall–Kier alpha value is -1.55. The van der Waals surface area contributed by atoms with Crippen molar-refractivity contribution in [2.75, 3.05) is 27.2 Å². The molecule has 104 valence electrons. The van der Waals surface area contributed by atoms with E-state index in [9.17, 15) is 9.90 Å². The maximum atomic E-state index is 12.6. The number of amides is 1. The van der Waals surface area contributed by atoms with E-state index < -0.39 is 0 Å². The zero-order valence-electron chi connectivity index (χ0n) is 11.9. The summed E-state index contributed by atoms with van der Waals surface area (Å²) in [6.45, 7) is 3.47. The Morgan fingerprint density at radius 3 is 2.89 bits per heavy atom. The van der Waals surface area contributed by atoms with Crippen LogP contribution in [0.25, 0.3) is 0 Å². The van der Waals surface area contributed by atoms with Crippen molar-refractivity contribution in [1.82, 2.24) is 9.80 Å². The molecule has 1 heterocycles. The van der Waals surface area contributed by atoms with Crippen molar-refractivity contribution in [3.63, 3.8) is 0 Å². The van der Waals surface area contributed by atoms with E-state index in [2.05, 4.69) is 4.90 Å². The summed E-state index contributed by atoms with van der Waals surface area (Å²) < 4.78 is 0. The summed E-state index contributed by atoms with van der Waals surface area (Å²) in [7, 11) is 4.04. The number of aryl methyl sites for hydroxylation is 1. The molecule has 0 aromatic heterocycles. The Morgan fingerprint density at radius 2 is 2.21 bits per heavy atom. The minimum absolute atomic E-state index is 0.0504. The second-order valence-corrected chi connectivity index (χ2v) is 5.53. The van der Waals surface area contributed by atoms with Crippen LogP contribution < -0.4 is 0 Å². The summed E-state index contributed by atoms with van der Waals surface area (Å²) in [6, 6.07) is 5.59. The van der Waals surface area contributed by atoms with E-state index in [0.29, 0.717) is 5.56 Å². The van der Waals surface area contributed by atoms with Crippen LogP contribution in [0, 0.1) is 6.92 Å². The summed E-state index contributed by atoms with van der Waals surface area (Å²) >= 11 is 0. The van der Waals surface area contributed by atoms with Crippen LogP contribution in [0.4, 0.5) is 0 Å². The van der Waals surface area contributed by atoms with Crippen LogP contribution >= 0.6 is 0 Å². The summed E-state index contributed by atoms with van der Waals surface area (Å²) in [5, 5.41) is 10.0. The summed E-state index contributed by atoms with van der Waals surface area (Å²) in [6.07, 6.45) is 2.08. The maximum absolute atomic E-state index is 12.6. The van der Waals surface area contributed by atoms with Gasteiger partial charge in [0, 0.05) is 19.1 Å². The molecule has 2 rings (SSSR count). The first-order valence-electron chi connectivity index (χ1n) is 6.75. The zero-order chi connectivity index (χ0) is 14.0. The highest BCUT2D eigenvalue weighted by molar-refractivity contribution is 5.97. The fourth-order valence-corrected chi connectivity index (χ4v) is 2.70. The molecule has 1 unspecified atom stereocenters. The molecule has 1 aromatic rings. The van der Waals surface area contributed by atoms with Gasteiger partial charge in [0.05, 0.1) is 5.56 Å². The lowest BCUT2D eigenvalue weighted by atomic mass is 10.1. The number of rotatable bonds is 3. The smallest absolute Gasteiger partial charge is 0.257 e. The van der Waals surface area contributed by atoms with E-state index in [1.165, 1.54) is 0 Å². The minimum atomic E-state index is -0.0504. The monoisotopic (exact) mass is 262 g/mol. The maximum Gasteiger partial charge on any atom is 0.257 e. The molecule has 4 heteroatoms. The quantitative estimate of drug-likeness (QED) is 0.904.